The highest BCUT2D eigenvalue weighted by molar-refractivity contribution is 5.82. The predicted molar refractivity (Wildman–Crippen MR) is 95.8 cm³/mol. The average molecular weight is 345 g/mol. The lowest BCUT2D eigenvalue weighted by Crippen LogP contribution is -2.49. The third-order valence-corrected chi connectivity index (χ3v) is 5.62. The van der Waals surface area contributed by atoms with Crippen molar-refractivity contribution < 1.29 is 9.53 Å². The molecule has 1 amide bonds. The van der Waals surface area contributed by atoms with Crippen LogP contribution >= 0.6 is 0 Å². The van der Waals surface area contributed by atoms with Crippen LogP contribution in [0.25, 0.3) is 0 Å². The van der Waals surface area contributed by atoms with E-state index in [1.54, 1.807) is 11.2 Å². The number of carbonyl (C=O) groups excluding carboxylic acids is 1. The quantitative estimate of drug-likeness (QED) is 0.820. The Morgan fingerprint density at radius 1 is 0.960 bits per heavy atom. The summed E-state index contributed by atoms with van der Waals surface area (Å²) in [6.45, 7) is 3.88. The number of ether oxygens (including phenoxy) is 1. The van der Waals surface area contributed by atoms with Crippen molar-refractivity contribution in [3.63, 3.8) is 0 Å². The minimum absolute atomic E-state index is 0.139. The highest BCUT2D eigenvalue weighted by Gasteiger charge is 2.27. The molecule has 0 N–H and O–H groups in total. The van der Waals surface area contributed by atoms with Crippen molar-refractivity contribution in [2.45, 2.75) is 44.3 Å². The van der Waals surface area contributed by atoms with Gasteiger partial charge in [-0.2, -0.15) is 0 Å². The molecule has 0 bridgehead atoms. The zero-order chi connectivity index (χ0) is 17.2. The molecular formula is C18H27N5O2. The summed E-state index contributed by atoms with van der Waals surface area (Å²) in [5, 5.41) is 0. The van der Waals surface area contributed by atoms with Crippen LogP contribution in [-0.2, 0) is 9.53 Å². The average Bonchev–Trinajstić information content (AvgIpc) is 2.61. The van der Waals surface area contributed by atoms with Gasteiger partial charge in [0.05, 0.1) is 18.8 Å². The van der Waals surface area contributed by atoms with Gasteiger partial charge < -0.3 is 19.4 Å². The standard InChI is InChI=1S/C18H27N5O2/c1-21-9-10-23(12-18(21)24)17-11-16(19-13-20-17)22-7-5-15(6-8-22)25-14-3-2-4-14/h11,13-15H,2-10,12H2,1H3. The van der Waals surface area contributed by atoms with Crippen molar-refractivity contribution in [1.82, 2.24) is 14.9 Å². The van der Waals surface area contributed by atoms with Gasteiger partial charge in [-0.1, -0.05) is 0 Å². The first-order valence-corrected chi connectivity index (χ1v) is 9.40. The fraction of sp³-hybridized carbons (Fsp3) is 0.722. The van der Waals surface area contributed by atoms with Crippen molar-refractivity contribution in [2.75, 3.05) is 49.6 Å². The predicted octanol–water partition coefficient (Wildman–Crippen LogP) is 1.29. The summed E-state index contributed by atoms with van der Waals surface area (Å²) < 4.78 is 6.14. The van der Waals surface area contributed by atoms with Crippen LogP contribution in [0.1, 0.15) is 32.1 Å². The summed E-state index contributed by atoms with van der Waals surface area (Å²) in [7, 11) is 1.85. The van der Waals surface area contributed by atoms with Gasteiger partial charge in [0.25, 0.3) is 0 Å². The molecule has 0 radical (unpaired) electrons. The largest absolute Gasteiger partial charge is 0.375 e. The SMILES string of the molecule is CN1CCN(c2cc(N3CCC(OC4CCC4)CC3)ncn2)CC1=O. The number of aromatic nitrogens is 2. The second-order valence-electron chi connectivity index (χ2n) is 7.35. The van der Waals surface area contributed by atoms with E-state index in [0.29, 0.717) is 18.8 Å². The smallest absolute Gasteiger partial charge is 0.241 e. The molecule has 2 saturated heterocycles. The molecule has 25 heavy (non-hydrogen) atoms. The first-order chi connectivity index (χ1) is 12.2. The number of hydrogen-bond donors (Lipinski definition) is 0. The number of nitrogens with zero attached hydrogens (tertiary/aromatic N) is 5. The topological polar surface area (TPSA) is 61.8 Å². The third kappa shape index (κ3) is 3.71. The molecule has 3 heterocycles. The summed E-state index contributed by atoms with van der Waals surface area (Å²) in [4.78, 5) is 26.9. The first kappa shape index (κ1) is 16.6. The van der Waals surface area contributed by atoms with Crippen molar-refractivity contribution >= 4 is 17.5 Å². The van der Waals surface area contributed by atoms with Crippen molar-refractivity contribution in [3.8, 4) is 0 Å². The van der Waals surface area contributed by atoms with E-state index in [9.17, 15) is 4.79 Å². The minimum Gasteiger partial charge on any atom is -0.375 e. The molecule has 1 aromatic heterocycles. The van der Waals surface area contributed by atoms with Crippen LogP contribution in [0.15, 0.2) is 12.4 Å². The van der Waals surface area contributed by atoms with E-state index in [-0.39, 0.29) is 5.91 Å². The van der Waals surface area contributed by atoms with Crippen LogP contribution in [0, 0.1) is 0 Å². The normalized spacial score (nSPS) is 23.1. The lowest BCUT2D eigenvalue weighted by atomic mass is 9.95. The van der Waals surface area contributed by atoms with Crippen LogP contribution < -0.4 is 9.80 Å². The van der Waals surface area contributed by atoms with Gasteiger partial charge >= 0.3 is 0 Å². The van der Waals surface area contributed by atoms with E-state index >= 15 is 0 Å². The Balaban J connectivity index is 1.36. The highest BCUT2D eigenvalue weighted by Crippen LogP contribution is 2.28. The summed E-state index contributed by atoms with van der Waals surface area (Å²) in [6.07, 6.45) is 8.44. The maximum absolute atomic E-state index is 11.9. The number of rotatable bonds is 4. The van der Waals surface area contributed by atoms with Gasteiger partial charge in [0.1, 0.15) is 18.0 Å². The molecule has 0 unspecified atom stereocenters. The number of amides is 1. The fourth-order valence-corrected chi connectivity index (χ4v) is 3.64. The first-order valence-electron chi connectivity index (χ1n) is 9.40. The number of piperazine rings is 1. The number of piperidine rings is 1. The van der Waals surface area contributed by atoms with E-state index in [1.807, 2.05) is 18.0 Å². The Morgan fingerprint density at radius 3 is 2.28 bits per heavy atom. The molecule has 7 heteroatoms. The molecule has 0 aromatic carbocycles. The Hall–Kier alpha value is -1.89. The number of likely N-dealkylation sites (N-methyl/N-ethyl adjacent to an activating group) is 1. The highest BCUT2D eigenvalue weighted by atomic mass is 16.5. The fourth-order valence-electron chi connectivity index (χ4n) is 3.64. The summed E-state index contributed by atoms with van der Waals surface area (Å²) in [6, 6.07) is 2.02. The number of hydrogen-bond acceptors (Lipinski definition) is 6. The van der Waals surface area contributed by atoms with E-state index in [0.717, 1.165) is 50.7 Å². The van der Waals surface area contributed by atoms with E-state index in [2.05, 4.69) is 14.9 Å². The monoisotopic (exact) mass is 345 g/mol. The molecule has 2 aliphatic heterocycles. The van der Waals surface area contributed by atoms with Gasteiger partial charge in [-0.15, -0.1) is 0 Å². The van der Waals surface area contributed by atoms with Crippen molar-refractivity contribution in [2.24, 2.45) is 0 Å². The molecule has 1 aromatic rings. The number of anilines is 2. The molecule has 136 valence electrons. The second kappa shape index (κ2) is 7.15. The molecule has 0 spiro atoms. The van der Waals surface area contributed by atoms with Gasteiger partial charge in [0, 0.05) is 39.3 Å². The van der Waals surface area contributed by atoms with Gasteiger partial charge in [0.2, 0.25) is 5.91 Å². The Kier molecular flexibility index (Phi) is 4.74. The molecular weight excluding hydrogens is 318 g/mol. The van der Waals surface area contributed by atoms with E-state index in [1.165, 1.54) is 19.3 Å². The molecule has 4 rings (SSSR count). The zero-order valence-corrected chi connectivity index (χ0v) is 14.9. The second-order valence-corrected chi connectivity index (χ2v) is 7.35. The molecule has 3 fully saturated rings. The summed E-state index contributed by atoms with van der Waals surface area (Å²) in [5.74, 6) is 1.94. The van der Waals surface area contributed by atoms with Crippen molar-refractivity contribution in [3.05, 3.63) is 12.4 Å². The summed E-state index contributed by atoms with van der Waals surface area (Å²) >= 11 is 0. The van der Waals surface area contributed by atoms with Crippen LogP contribution in [0.3, 0.4) is 0 Å². The van der Waals surface area contributed by atoms with Gasteiger partial charge in [-0.05, 0) is 32.1 Å². The van der Waals surface area contributed by atoms with E-state index < -0.39 is 0 Å². The maximum Gasteiger partial charge on any atom is 0.241 e. The van der Waals surface area contributed by atoms with Crippen LogP contribution in [0.5, 0.6) is 0 Å². The van der Waals surface area contributed by atoms with Crippen LogP contribution in [-0.4, -0.2) is 72.8 Å². The molecule has 1 saturated carbocycles. The molecule has 1 aliphatic carbocycles. The van der Waals surface area contributed by atoms with Crippen molar-refractivity contribution in [1.29, 1.82) is 0 Å². The summed E-state index contributed by atoms with van der Waals surface area (Å²) in [5.41, 5.74) is 0. The van der Waals surface area contributed by atoms with E-state index in [4.69, 9.17) is 4.74 Å². The third-order valence-electron chi connectivity index (χ3n) is 5.62. The maximum atomic E-state index is 11.9. The molecule has 3 aliphatic rings. The lowest BCUT2D eigenvalue weighted by molar-refractivity contribution is -0.129. The van der Waals surface area contributed by atoms with Crippen LogP contribution in [0.2, 0.25) is 0 Å². The van der Waals surface area contributed by atoms with Gasteiger partial charge in [-0.25, -0.2) is 9.97 Å². The minimum atomic E-state index is 0.139. The van der Waals surface area contributed by atoms with Crippen LogP contribution in [0.4, 0.5) is 11.6 Å². The molecule has 7 nitrogen and oxygen atoms in total. The lowest BCUT2D eigenvalue weighted by Gasteiger charge is -2.37. The Bertz CT molecular complexity index is 613. The van der Waals surface area contributed by atoms with Gasteiger partial charge in [0.15, 0.2) is 0 Å². The number of carbonyl (C=O) groups is 1. The van der Waals surface area contributed by atoms with Gasteiger partial charge in [-0.3, -0.25) is 4.79 Å². The Morgan fingerprint density at radius 2 is 1.64 bits per heavy atom. The zero-order valence-electron chi connectivity index (χ0n) is 14.9. The molecule has 0 atom stereocenters. The Labute approximate surface area is 149 Å².